The second-order valence-corrected chi connectivity index (χ2v) is 4.83. The maximum Gasteiger partial charge on any atom is 0.258 e. The highest BCUT2D eigenvalue weighted by Gasteiger charge is 2.25. The number of anilines is 1. The van der Waals surface area contributed by atoms with E-state index in [0.717, 1.165) is 25.2 Å². The number of rotatable bonds is 3. The molecular formula is C14H18N4O2. The molecule has 6 nitrogen and oxygen atoms in total. The summed E-state index contributed by atoms with van der Waals surface area (Å²) in [5.74, 6) is 1.10. The maximum absolute atomic E-state index is 5.72. The first-order valence-corrected chi connectivity index (χ1v) is 6.79. The van der Waals surface area contributed by atoms with Gasteiger partial charge in [0.2, 0.25) is 5.82 Å². The van der Waals surface area contributed by atoms with Crippen molar-refractivity contribution in [3.8, 4) is 11.5 Å². The number of benzene rings is 1. The molecule has 0 radical (unpaired) electrons. The topological polar surface area (TPSA) is 77.4 Å². The van der Waals surface area contributed by atoms with Crippen molar-refractivity contribution in [2.45, 2.75) is 13.0 Å². The van der Waals surface area contributed by atoms with Crippen LogP contribution < -0.4 is 5.73 Å². The van der Waals surface area contributed by atoms with Crippen molar-refractivity contribution in [3.63, 3.8) is 0 Å². The van der Waals surface area contributed by atoms with E-state index in [2.05, 4.69) is 22.0 Å². The van der Waals surface area contributed by atoms with Crippen molar-refractivity contribution in [2.24, 2.45) is 0 Å². The van der Waals surface area contributed by atoms with Gasteiger partial charge in [-0.05, 0) is 30.8 Å². The lowest BCUT2D eigenvalue weighted by Gasteiger charge is -2.30. The molecule has 3 rings (SSSR count). The molecule has 6 heteroatoms. The Morgan fingerprint density at radius 3 is 2.90 bits per heavy atom. The molecule has 106 valence electrons. The summed E-state index contributed by atoms with van der Waals surface area (Å²) in [4.78, 5) is 6.75. The average molecular weight is 274 g/mol. The lowest BCUT2D eigenvalue weighted by Crippen LogP contribution is -2.38. The van der Waals surface area contributed by atoms with Crippen molar-refractivity contribution in [3.05, 3.63) is 30.1 Å². The van der Waals surface area contributed by atoms with Crippen molar-refractivity contribution in [1.82, 2.24) is 15.0 Å². The lowest BCUT2D eigenvalue weighted by molar-refractivity contribution is -0.0334. The van der Waals surface area contributed by atoms with Crippen molar-refractivity contribution in [1.29, 1.82) is 0 Å². The summed E-state index contributed by atoms with van der Waals surface area (Å²) >= 11 is 0. The number of likely N-dealkylation sites (N-methyl/N-ethyl adjacent to an activating group) is 1. The molecule has 20 heavy (non-hydrogen) atoms. The van der Waals surface area contributed by atoms with Crippen LogP contribution in [0.5, 0.6) is 0 Å². The van der Waals surface area contributed by atoms with E-state index < -0.39 is 0 Å². The fraction of sp³-hybridized carbons (Fsp3) is 0.429. The van der Waals surface area contributed by atoms with Crippen LogP contribution in [0.3, 0.4) is 0 Å². The fourth-order valence-electron chi connectivity index (χ4n) is 2.25. The highest BCUT2D eigenvalue weighted by Crippen LogP contribution is 2.24. The zero-order valence-corrected chi connectivity index (χ0v) is 11.5. The normalized spacial score (nSPS) is 20.1. The molecule has 2 N–H and O–H groups in total. The molecule has 0 saturated carbocycles. The first-order chi connectivity index (χ1) is 9.76. The number of aromatic nitrogens is 2. The Labute approximate surface area is 117 Å². The Morgan fingerprint density at radius 2 is 2.15 bits per heavy atom. The van der Waals surface area contributed by atoms with Gasteiger partial charge in [-0.1, -0.05) is 12.1 Å². The van der Waals surface area contributed by atoms with Crippen LogP contribution in [0.4, 0.5) is 5.69 Å². The van der Waals surface area contributed by atoms with Crippen molar-refractivity contribution < 1.29 is 9.26 Å². The third-order valence-corrected chi connectivity index (χ3v) is 3.49. The van der Waals surface area contributed by atoms with Gasteiger partial charge in [0.05, 0.1) is 6.61 Å². The summed E-state index contributed by atoms with van der Waals surface area (Å²) in [7, 11) is 0. The smallest absolute Gasteiger partial charge is 0.258 e. The number of hydrogen-bond donors (Lipinski definition) is 1. The Morgan fingerprint density at radius 1 is 1.35 bits per heavy atom. The van der Waals surface area contributed by atoms with Gasteiger partial charge in [0.25, 0.3) is 5.89 Å². The molecule has 2 heterocycles. The predicted molar refractivity (Wildman–Crippen MR) is 75.0 cm³/mol. The van der Waals surface area contributed by atoms with Crippen LogP contribution >= 0.6 is 0 Å². The molecule has 1 aliphatic rings. The molecule has 0 aliphatic carbocycles. The van der Waals surface area contributed by atoms with E-state index in [0.29, 0.717) is 24.0 Å². The summed E-state index contributed by atoms with van der Waals surface area (Å²) in [5, 5.41) is 4.04. The largest absolute Gasteiger partial charge is 0.399 e. The minimum Gasteiger partial charge on any atom is -0.399 e. The number of morpholine rings is 1. The van der Waals surface area contributed by atoms with E-state index in [-0.39, 0.29) is 6.10 Å². The average Bonchev–Trinajstić information content (AvgIpc) is 2.98. The van der Waals surface area contributed by atoms with Gasteiger partial charge >= 0.3 is 0 Å². The van der Waals surface area contributed by atoms with Crippen LogP contribution in [0, 0.1) is 0 Å². The minimum absolute atomic E-state index is 0.116. The van der Waals surface area contributed by atoms with E-state index in [1.165, 1.54) is 0 Å². The standard InChI is InChI=1S/C14H18N4O2/c1-2-18-7-8-19-12(9-18)13-16-14(20-17-13)10-3-5-11(15)6-4-10/h3-6,12H,2,7-9,15H2,1H3. The highest BCUT2D eigenvalue weighted by molar-refractivity contribution is 5.56. The van der Waals surface area contributed by atoms with E-state index in [4.69, 9.17) is 15.0 Å². The number of nitrogens with two attached hydrogens (primary N) is 1. The first-order valence-electron chi connectivity index (χ1n) is 6.79. The van der Waals surface area contributed by atoms with Crippen molar-refractivity contribution >= 4 is 5.69 Å². The van der Waals surface area contributed by atoms with Gasteiger partial charge in [0, 0.05) is 24.3 Å². The molecule has 1 saturated heterocycles. The molecule has 1 aliphatic heterocycles. The van der Waals surface area contributed by atoms with E-state index in [1.807, 2.05) is 24.3 Å². The maximum atomic E-state index is 5.72. The molecule has 2 aromatic rings. The van der Waals surface area contributed by atoms with Crippen LogP contribution in [-0.2, 0) is 4.74 Å². The lowest BCUT2D eigenvalue weighted by atomic mass is 10.2. The summed E-state index contributed by atoms with van der Waals surface area (Å²) in [6.07, 6.45) is -0.116. The highest BCUT2D eigenvalue weighted by atomic mass is 16.5. The molecule has 1 fully saturated rings. The number of ether oxygens (including phenoxy) is 1. The van der Waals surface area contributed by atoms with Crippen LogP contribution in [0.15, 0.2) is 28.8 Å². The summed E-state index contributed by atoms with van der Waals surface area (Å²) in [6.45, 7) is 5.60. The fourth-order valence-corrected chi connectivity index (χ4v) is 2.25. The van der Waals surface area contributed by atoms with Crippen LogP contribution in [-0.4, -0.2) is 41.3 Å². The zero-order valence-electron chi connectivity index (χ0n) is 11.5. The van der Waals surface area contributed by atoms with Gasteiger partial charge < -0.3 is 15.0 Å². The van der Waals surface area contributed by atoms with Gasteiger partial charge in [0.15, 0.2) is 0 Å². The zero-order chi connectivity index (χ0) is 13.9. The molecule has 0 spiro atoms. The van der Waals surface area contributed by atoms with E-state index in [1.54, 1.807) is 0 Å². The first kappa shape index (κ1) is 13.1. The number of nitrogens with zero attached hydrogens (tertiary/aromatic N) is 3. The van der Waals surface area contributed by atoms with Crippen molar-refractivity contribution in [2.75, 3.05) is 32.0 Å². The molecule has 0 bridgehead atoms. The van der Waals surface area contributed by atoms with Gasteiger partial charge in [0.1, 0.15) is 6.10 Å². The summed E-state index contributed by atoms with van der Waals surface area (Å²) < 4.78 is 11.0. The summed E-state index contributed by atoms with van der Waals surface area (Å²) in [5.41, 5.74) is 7.24. The Bertz CT molecular complexity index is 567. The van der Waals surface area contributed by atoms with Crippen LogP contribution in [0.25, 0.3) is 11.5 Å². The van der Waals surface area contributed by atoms with E-state index >= 15 is 0 Å². The van der Waals surface area contributed by atoms with Crippen LogP contribution in [0.2, 0.25) is 0 Å². The number of nitrogen functional groups attached to an aromatic ring is 1. The SMILES string of the molecule is CCN1CCOC(c2noc(-c3ccc(N)cc3)n2)C1. The third kappa shape index (κ3) is 2.66. The van der Waals surface area contributed by atoms with Gasteiger partial charge in [-0.2, -0.15) is 4.98 Å². The van der Waals surface area contributed by atoms with Gasteiger partial charge in [-0.3, -0.25) is 4.90 Å². The Kier molecular flexibility index (Phi) is 3.66. The Hall–Kier alpha value is -1.92. The van der Waals surface area contributed by atoms with Crippen LogP contribution in [0.1, 0.15) is 18.9 Å². The molecule has 0 amide bonds. The van der Waals surface area contributed by atoms with Gasteiger partial charge in [-0.15, -0.1) is 0 Å². The van der Waals surface area contributed by atoms with E-state index in [9.17, 15) is 0 Å². The Balaban J connectivity index is 1.78. The summed E-state index contributed by atoms with van der Waals surface area (Å²) in [6, 6.07) is 7.36. The van der Waals surface area contributed by atoms with Gasteiger partial charge in [-0.25, -0.2) is 0 Å². The molecule has 1 aromatic carbocycles. The molecular weight excluding hydrogens is 256 g/mol. The molecule has 1 atom stereocenters. The number of hydrogen-bond acceptors (Lipinski definition) is 6. The monoisotopic (exact) mass is 274 g/mol. The minimum atomic E-state index is -0.116. The second kappa shape index (κ2) is 5.60. The second-order valence-electron chi connectivity index (χ2n) is 4.83. The molecule has 1 unspecified atom stereocenters. The predicted octanol–water partition coefficient (Wildman–Crippen LogP) is 1.71. The molecule has 1 aromatic heterocycles. The quantitative estimate of drug-likeness (QED) is 0.859. The third-order valence-electron chi connectivity index (χ3n) is 3.49.